The Labute approximate surface area is 137 Å². The second-order valence-electron chi connectivity index (χ2n) is 6.02. The first-order valence-corrected chi connectivity index (χ1v) is 7.80. The highest BCUT2D eigenvalue weighted by atomic mass is 19.4. The maximum absolute atomic E-state index is 13.0. The Morgan fingerprint density at radius 2 is 1.83 bits per heavy atom. The van der Waals surface area contributed by atoms with Crippen molar-refractivity contribution in [1.29, 1.82) is 0 Å². The molecule has 1 fully saturated rings. The predicted octanol–water partition coefficient (Wildman–Crippen LogP) is 4.30. The molecule has 4 nitrogen and oxygen atoms in total. The summed E-state index contributed by atoms with van der Waals surface area (Å²) in [6.45, 7) is 1.87. The summed E-state index contributed by atoms with van der Waals surface area (Å²) in [4.78, 5) is 12.2. The number of hydrogen-bond donors (Lipinski definition) is 0. The van der Waals surface area contributed by atoms with Gasteiger partial charge in [-0.05, 0) is 31.9 Å². The lowest BCUT2D eigenvalue weighted by Gasteiger charge is -2.11. The van der Waals surface area contributed by atoms with E-state index in [4.69, 9.17) is 4.74 Å². The summed E-state index contributed by atoms with van der Waals surface area (Å²) in [6.07, 6.45) is -1.31. The Hall–Kier alpha value is -2.31. The molecule has 3 rings (SSSR count). The molecule has 1 aliphatic carbocycles. The van der Waals surface area contributed by atoms with Crippen LogP contribution < -0.4 is 4.74 Å². The molecule has 0 spiro atoms. The Bertz CT molecular complexity index is 729. The van der Waals surface area contributed by atoms with Crippen LogP contribution in [0.15, 0.2) is 30.3 Å². The highest BCUT2D eigenvalue weighted by molar-refractivity contribution is 5.75. The topological polar surface area (TPSA) is 44.1 Å². The molecular formula is C17H17F3N2O2. The van der Waals surface area contributed by atoms with Crippen molar-refractivity contribution in [3.8, 4) is 11.6 Å². The van der Waals surface area contributed by atoms with Gasteiger partial charge >= 0.3 is 12.1 Å². The van der Waals surface area contributed by atoms with E-state index in [1.54, 1.807) is 24.3 Å². The average molecular weight is 338 g/mol. The van der Waals surface area contributed by atoms with Gasteiger partial charge in [-0.3, -0.25) is 4.79 Å². The van der Waals surface area contributed by atoms with Crippen LogP contribution in [0.3, 0.4) is 0 Å². The molecule has 0 bridgehead atoms. The predicted molar refractivity (Wildman–Crippen MR) is 80.9 cm³/mol. The van der Waals surface area contributed by atoms with Crippen molar-refractivity contribution in [2.75, 3.05) is 0 Å². The fourth-order valence-corrected chi connectivity index (χ4v) is 2.79. The zero-order valence-electron chi connectivity index (χ0n) is 13.1. The minimum atomic E-state index is -4.61. The number of ether oxygens (including phenoxy) is 1. The quantitative estimate of drug-likeness (QED) is 0.784. The van der Waals surface area contributed by atoms with Gasteiger partial charge in [-0.25, -0.2) is 4.68 Å². The molecule has 0 atom stereocenters. The van der Waals surface area contributed by atoms with Crippen LogP contribution >= 0.6 is 0 Å². The van der Waals surface area contributed by atoms with Crippen molar-refractivity contribution in [2.45, 2.75) is 38.8 Å². The number of esters is 1. The summed E-state index contributed by atoms with van der Waals surface area (Å²) >= 11 is 0. The Kier molecular flexibility index (Phi) is 4.34. The molecule has 1 aromatic carbocycles. The average Bonchev–Trinajstić information content (AvgIpc) is 3.16. The van der Waals surface area contributed by atoms with Crippen molar-refractivity contribution >= 4 is 5.97 Å². The number of carbonyl (C=O) groups excluding carboxylic acids is 1. The van der Waals surface area contributed by atoms with Gasteiger partial charge in [-0.15, -0.1) is 0 Å². The first-order valence-electron chi connectivity index (χ1n) is 7.80. The van der Waals surface area contributed by atoms with E-state index in [1.807, 2.05) is 6.92 Å². The molecule has 0 aliphatic heterocycles. The van der Waals surface area contributed by atoms with E-state index >= 15 is 0 Å². The fourth-order valence-electron chi connectivity index (χ4n) is 2.79. The van der Waals surface area contributed by atoms with E-state index < -0.39 is 17.8 Å². The molecule has 0 amide bonds. The Morgan fingerprint density at radius 3 is 2.42 bits per heavy atom. The first kappa shape index (κ1) is 16.5. The highest BCUT2D eigenvalue weighted by Gasteiger charge is 2.36. The van der Waals surface area contributed by atoms with Gasteiger partial charge in [0.05, 0.1) is 11.6 Å². The number of aryl methyl sites for hydroxylation is 1. The zero-order chi connectivity index (χ0) is 17.3. The van der Waals surface area contributed by atoms with Crippen LogP contribution in [-0.4, -0.2) is 15.7 Å². The summed E-state index contributed by atoms with van der Waals surface area (Å²) in [5, 5.41) is 3.58. The second kappa shape index (κ2) is 6.30. The molecule has 1 aromatic heterocycles. The first-order chi connectivity index (χ1) is 11.3. The monoisotopic (exact) mass is 338 g/mol. The van der Waals surface area contributed by atoms with Gasteiger partial charge in [0.2, 0.25) is 5.88 Å². The van der Waals surface area contributed by atoms with Crippen LogP contribution in [0, 0.1) is 12.8 Å². The van der Waals surface area contributed by atoms with E-state index in [-0.39, 0.29) is 11.8 Å². The van der Waals surface area contributed by atoms with Gasteiger partial charge in [0, 0.05) is 6.07 Å². The van der Waals surface area contributed by atoms with Crippen molar-refractivity contribution < 1.29 is 22.7 Å². The molecule has 1 heterocycles. The minimum absolute atomic E-state index is 0.205. The molecule has 2 aromatic rings. The number of benzene rings is 1. The highest BCUT2D eigenvalue weighted by Crippen LogP contribution is 2.33. The molecule has 1 aliphatic rings. The van der Waals surface area contributed by atoms with Gasteiger partial charge in [-0.2, -0.15) is 18.3 Å². The normalized spacial score (nSPS) is 15.7. The molecule has 7 heteroatoms. The molecule has 0 saturated heterocycles. The third-order valence-corrected chi connectivity index (χ3v) is 4.14. The molecule has 0 radical (unpaired) electrons. The van der Waals surface area contributed by atoms with Crippen LogP contribution in [0.4, 0.5) is 13.2 Å². The van der Waals surface area contributed by atoms with Crippen molar-refractivity contribution in [1.82, 2.24) is 9.78 Å². The number of halogens is 3. The minimum Gasteiger partial charge on any atom is -0.407 e. The van der Waals surface area contributed by atoms with Crippen molar-refractivity contribution in [3.05, 3.63) is 41.6 Å². The molecule has 1 saturated carbocycles. The van der Waals surface area contributed by atoms with Gasteiger partial charge in [-0.1, -0.05) is 30.5 Å². The lowest BCUT2D eigenvalue weighted by molar-refractivity contribution is -0.142. The number of rotatable bonds is 3. The maximum atomic E-state index is 13.0. The number of aromatic nitrogens is 2. The lowest BCUT2D eigenvalue weighted by atomic mass is 10.1. The summed E-state index contributed by atoms with van der Waals surface area (Å²) in [6, 6.07) is 7.55. The van der Waals surface area contributed by atoms with Gasteiger partial charge in [0.15, 0.2) is 5.69 Å². The van der Waals surface area contributed by atoms with E-state index in [9.17, 15) is 18.0 Å². The van der Waals surface area contributed by atoms with Crippen LogP contribution in [0.25, 0.3) is 5.69 Å². The summed E-state index contributed by atoms with van der Waals surface area (Å²) in [5.41, 5.74) is 0.286. The summed E-state index contributed by atoms with van der Waals surface area (Å²) in [7, 11) is 0. The standard InChI is InChI=1S/C17H17F3N2O2/c1-11-6-8-13(9-7-11)22-15(10-14(21-22)17(18,19)20)24-16(23)12-4-2-3-5-12/h6-10,12H,2-5H2,1H3. The van der Waals surface area contributed by atoms with Crippen LogP contribution in [-0.2, 0) is 11.0 Å². The summed E-state index contributed by atoms with van der Waals surface area (Å²) in [5.74, 6) is -0.946. The number of nitrogens with zero attached hydrogens (tertiary/aromatic N) is 2. The zero-order valence-corrected chi connectivity index (χ0v) is 13.1. The van der Waals surface area contributed by atoms with E-state index in [0.29, 0.717) is 18.5 Å². The molecule has 128 valence electrons. The SMILES string of the molecule is Cc1ccc(-n2nc(C(F)(F)F)cc2OC(=O)C2CCCC2)cc1. The van der Waals surface area contributed by atoms with Crippen LogP contribution in [0.1, 0.15) is 36.9 Å². The van der Waals surface area contributed by atoms with E-state index in [0.717, 1.165) is 29.2 Å². The van der Waals surface area contributed by atoms with Gasteiger partial charge in [0.25, 0.3) is 0 Å². The smallest absolute Gasteiger partial charge is 0.407 e. The molecule has 0 N–H and O–H groups in total. The molecular weight excluding hydrogens is 321 g/mol. The second-order valence-corrected chi connectivity index (χ2v) is 6.02. The third kappa shape index (κ3) is 3.44. The Morgan fingerprint density at radius 1 is 1.21 bits per heavy atom. The van der Waals surface area contributed by atoms with Gasteiger partial charge < -0.3 is 4.74 Å². The van der Waals surface area contributed by atoms with Gasteiger partial charge in [0.1, 0.15) is 0 Å². The molecule has 24 heavy (non-hydrogen) atoms. The van der Waals surface area contributed by atoms with E-state index in [1.165, 1.54) is 0 Å². The lowest BCUT2D eigenvalue weighted by Crippen LogP contribution is -2.19. The summed E-state index contributed by atoms with van der Waals surface area (Å²) < 4.78 is 45.2. The maximum Gasteiger partial charge on any atom is 0.435 e. The van der Waals surface area contributed by atoms with Crippen LogP contribution in [0.5, 0.6) is 5.88 Å². The molecule has 0 unspecified atom stereocenters. The third-order valence-electron chi connectivity index (χ3n) is 4.14. The van der Waals surface area contributed by atoms with Crippen molar-refractivity contribution in [3.63, 3.8) is 0 Å². The Balaban J connectivity index is 1.95. The fraction of sp³-hybridized carbons (Fsp3) is 0.412. The largest absolute Gasteiger partial charge is 0.435 e. The van der Waals surface area contributed by atoms with E-state index in [2.05, 4.69) is 5.10 Å². The number of hydrogen-bond acceptors (Lipinski definition) is 3. The number of carbonyl (C=O) groups is 1. The van der Waals surface area contributed by atoms with Crippen LogP contribution in [0.2, 0.25) is 0 Å². The van der Waals surface area contributed by atoms with Crippen molar-refractivity contribution in [2.24, 2.45) is 5.92 Å². The number of alkyl halides is 3.